The van der Waals surface area contributed by atoms with Crippen molar-refractivity contribution in [3.8, 4) is 0 Å². The van der Waals surface area contributed by atoms with Gasteiger partial charge in [0.2, 0.25) is 0 Å². The van der Waals surface area contributed by atoms with Gasteiger partial charge in [-0.2, -0.15) is 0 Å². The van der Waals surface area contributed by atoms with Crippen molar-refractivity contribution in [2.45, 2.75) is 12.5 Å². The average molecular weight is 256 g/mol. The maximum Gasteiger partial charge on any atom is 0.161 e. The van der Waals surface area contributed by atoms with Gasteiger partial charge in [0.25, 0.3) is 0 Å². The van der Waals surface area contributed by atoms with Gasteiger partial charge in [0.15, 0.2) is 11.6 Å². The first-order valence-corrected chi connectivity index (χ1v) is 5.27. The van der Waals surface area contributed by atoms with E-state index < -0.39 is 23.6 Å². The summed E-state index contributed by atoms with van der Waals surface area (Å²) in [5.74, 6) is -2.92. The Labute approximate surface area is 102 Å². The Kier molecular flexibility index (Phi) is 3.38. The van der Waals surface area contributed by atoms with Gasteiger partial charge in [0.1, 0.15) is 11.6 Å². The second kappa shape index (κ2) is 4.81. The summed E-state index contributed by atoms with van der Waals surface area (Å²) in [7, 11) is 1.72. The summed E-state index contributed by atoms with van der Waals surface area (Å²) < 4.78 is 40.8. The molecule has 0 saturated heterocycles. The molecule has 0 bridgehead atoms. The SMILES string of the molecule is Cn1ccnc1CC(O)c1cc(F)c(F)cc1F. The zero-order chi connectivity index (χ0) is 13.3. The summed E-state index contributed by atoms with van der Waals surface area (Å²) in [5.41, 5.74) is -0.281. The third-order valence-electron chi connectivity index (χ3n) is 2.70. The third kappa shape index (κ3) is 2.38. The molecular weight excluding hydrogens is 245 g/mol. The predicted octanol–water partition coefficient (Wildman–Crippen LogP) is 2.11. The van der Waals surface area contributed by atoms with Crippen LogP contribution in [0.1, 0.15) is 17.5 Å². The Morgan fingerprint density at radius 1 is 1.22 bits per heavy atom. The van der Waals surface area contributed by atoms with Crippen molar-refractivity contribution < 1.29 is 18.3 Å². The third-order valence-corrected chi connectivity index (χ3v) is 2.70. The molecule has 0 fully saturated rings. The van der Waals surface area contributed by atoms with Gasteiger partial charge >= 0.3 is 0 Å². The van der Waals surface area contributed by atoms with Gasteiger partial charge in [-0.1, -0.05) is 0 Å². The van der Waals surface area contributed by atoms with Crippen LogP contribution in [0.4, 0.5) is 13.2 Å². The van der Waals surface area contributed by atoms with Crippen molar-refractivity contribution in [1.82, 2.24) is 9.55 Å². The van der Waals surface area contributed by atoms with Crippen LogP contribution in [-0.4, -0.2) is 14.7 Å². The monoisotopic (exact) mass is 256 g/mol. The Balaban J connectivity index is 2.26. The zero-order valence-corrected chi connectivity index (χ0v) is 9.57. The topological polar surface area (TPSA) is 38.0 Å². The molecule has 1 aromatic heterocycles. The summed E-state index contributed by atoms with van der Waals surface area (Å²) in [6.07, 6.45) is 1.94. The van der Waals surface area contributed by atoms with Gasteiger partial charge in [0, 0.05) is 37.5 Å². The number of halogens is 3. The minimum Gasteiger partial charge on any atom is -0.388 e. The molecule has 1 atom stereocenters. The molecule has 0 spiro atoms. The first kappa shape index (κ1) is 12.6. The van der Waals surface area contributed by atoms with Gasteiger partial charge in [-0.15, -0.1) is 0 Å². The van der Waals surface area contributed by atoms with Crippen LogP contribution < -0.4 is 0 Å². The number of nitrogens with zero attached hydrogens (tertiary/aromatic N) is 2. The van der Waals surface area contributed by atoms with E-state index in [0.29, 0.717) is 18.0 Å². The Bertz CT molecular complexity index is 568. The standard InChI is InChI=1S/C12H11F3N2O/c1-17-3-2-16-12(17)6-11(18)7-4-9(14)10(15)5-8(7)13/h2-5,11,18H,6H2,1H3. The highest BCUT2D eigenvalue weighted by Gasteiger charge is 2.18. The molecule has 1 heterocycles. The van der Waals surface area contributed by atoms with Crippen LogP contribution in [0.2, 0.25) is 0 Å². The second-order valence-corrected chi connectivity index (χ2v) is 3.96. The van der Waals surface area contributed by atoms with Gasteiger partial charge in [-0.05, 0) is 6.07 Å². The van der Waals surface area contributed by atoms with Gasteiger partial charge in [-0.25, -0.2) is 18.2 Å². The van der Waals surface area contributed by atoms with E-state index >= 15 is 0 Å². The van der Waals surface area contributed by atoms with Gasteiger partial charge in [-0.3, -0.25) is 0 Å². The smallest absolute Gasteiger partial charge is 0.161 e. The van der Waals surface area contributed by atoms with Crippen LogP contribution in [0.25, 0.3) is 0 Å². The van der Waals surface area contributed by atoms with Crippen LogP contribution in [0.15, 0.2) is 24.5 Å². The summed E-state index contributed by atoms with van der Waals surface area (Å²) in [6.45, 7) is 0. The Morgan fingerprint density at radius 2 is 1.89 bits per heavy atom. The molecule has 0 aliphatic carbocycles. The lowest BCUT2D eigenvalue weighted by molar-refractivity contribution is 0.169. The lowest BCUT2D eigenvalue weighted by Crippen LogP contribution is -2.09. The highest BCUT2D eigenvalue weighted by Crippen LogP contribution is 2.23. The highest BCUT2D eigenvalue weighted by atomic mass is 19.2. The van der Waals surface area contributed by atoms with Crippen molar-refractivity contribution >= 4 is 0 Å². The lowest BCUT2D eigenvalue weighted by Gasteiger charge is -2.12. The number of imidazole rings is 1. The Morgan fingerprint density at radius 3 is 2.50 bits per heavy atom. The fraction of sp³-hybridized carbons (Fsp3) is 0.250. The minimum absolute atomic E-state index is 0.0193. The normalized spacial score (nSPS) is 12.7. The van der Waals surface area contributed by atoms with E-state index in [9.17, 15) is 18.3 Å². The van der Waals surface area contributed by atoms with E-state index in [0.717, 1.165) is 0 Å². The molecule has 2 aromatic rings. The number of hydrogen-bond donors (Lipinski definition) is 1. The largest absolute Gasteiger partial charge is 0.388 e. The first-order valence-electron chi connectivity index (χ1n) is 5.27. The predicted molar refractivity (Wildman–Crippen MR) is 58.2 cm³/mol. The lowest BCUT2D eigenvalue weighted by atomic mass is 10.1. The summed E-state index contributed by atoms with van der Waals surface area (Å²) in [5, 5.41) is 9.83. The number of aliphatic hydroxyl groups is 1. The minimum atomic E-state index is -1.28. The van der Waals surface area contributed by atoms with Crippen molar-refractivity contribution in [3.05, 3.63) is 53.4 Å². The molecular formula is C12H11F3N2O. The fourth-order valence-corrected chi connectivity index (χ4v) is 1.67. The van der Waals surface area contributed by atoms with Crippen molar-refractivity contribution in [2.24, 2.45) is 7.05 Å². The highest BCUT2D eigenvalue weighted by molar-refractivity contribution is 5.23. The van der Waals surface area contributed by atoms with E-state index in [-0.39, 0.29) is 12.0 Å². The van der Waals surface area contributed by atoms with E-state index in [1.165, 1.54) is 6.20 Å². The van der Waals surface area contributed by atoms with E-state index in [1.54, 1.807) is 17.8 Å². The van der Waals surface area contributed by atoms with E-state index in [1.807, 2.05) is 0 Å². The fourth-order valence-electron chi connectivity index (χ4n) is 1.67. The molecule has 1 N–H and O–H groups in total. The maximum absolute atomic E-state index is 13.4. The van der Waals surface area contributed by atoms with Crippen molar-refractivity contribution in [2.75, 3.05) is 0 Å². The molecule has 96 valence electrons. The van der Waals surface area contributed by atoms with E-state index in [2.05, 4.69) is 4.98 Å². The second-order valence-electron chi connectivity index (χ2n) is 3.96. The average Bonchev–Trinajstić information content (AvgIpc) is 2.69. The molecule has 0 aliphatic rings. The van der Waals surface area contributed by atoms with Crippen LogP contribution >= 0.6 is 0 Å². The van der Waals surface area contributed by atoms with Crippen LogP contribution in [0.3, 0.4) is 0 Å². The van der Waals surface area contributed by atoms with E-state index in [4.69, 9.17) is 0 Å². The molecule has 2 rings (SSSR count). The van der Waals surface area contributed by atoms with Crippen LogP contribution in [0, 0.1) is 17.5 Å². The molecule has 18 heavy (non-hydrogen) atoms. The zero-order valence-electron chi connectivity index (χ0n) is 9.57. The molecule has 1 unspecified atom stereocenters. The molecule has 0 aliphatic heterocycles. The van der Waals surface area contributed by atoms with Crippen LogP contribution in [0.5, 0.6) is 0 Å². The maximum atomic E-state index is 13.4. The summed E-state index contributed by atoms with van der Waals surface area (Å²) >= 11 is 0. The molecule has 6 heteroatoms. The summed E-state index contributed by atoms with van der Waals surface area (Å²) in [4.78, 5) is 3.96. The number of benzene rings is 1. The number of aliphatic hydroxyl groups excluding tert-OH is 1. The molecule has 0 saturated carbocycles. The first-order chi connectivity index (χ1) is 8.49. The Hall–Kier alpha value is -1.82. The number of hydrogen-bond acceptors (Lipinski definition) is 2. The molecule has 0 radical (unpaired) electrons. The van der Waals surface area contributed by atoms with Crippen molar-refractivity contribution in [3.63, 3.8) is 0 Å². The summed E-state index contributed by atoms with van der Waals surface area (Å²) in [6, 6.07) is 1.09. The van der Waals surface area contributed by atoms with Gasteiger partial charge < -0.3 is 9.67 Å². The van der Waals surface area contributed by atoms with Crippen molar-refractivity contribution in [1.29, 1.82) is 0 Å². The number of aryl methyl sites for hydroxylation is 1. The number of rotatable bonds is 3. The molecule has 0 amide bonds. The van der Waals surface area contributed by atoms with Crippen LogP contribution in [-0.2, 0) is 13.5 Å². The molecule has 3 nitrogen and oxygen atoms in total. The number of aromatic nitrogens is 2. The van der Waals surface area contributed by atoms with Gasteiger partial charge in [0.05, 0.1) is 6.10 Å². The quantitative estimate of drug-likeness (QED) is 0.854. The molecule has 1 aromatic carbocycles.